The number of hydrogen-bond donors (Lipinski definition) is 2. The number of amides is 1. The zero-order chi connectivity index (χ0) is 24.6. The fourth-order valence-electron chi connectivity index (χ4n) is 3.52. The van der Waals surface area contributed by atoms with Gasteiger partial charge in [-0.2, -0.15) is 18.4 Å². The van der Waals surface area contributed by atoms with Crippen molar-refractivity contribution in [3.8, 4) is 23.1 Å². The predicted octanol–water partition coefficient (Wildman–Crippen LogP) is 5.93. The highest BCUT2D eigenvalue weighted by Crippen LogP contribution is 2.42. The maximum absolute atomic E-state index is 13.2. The quantitative estimate of drug-likeness (QED) is 0.430. The van der Waals surface area contributed by atoms with Crippen LogP contribution in [-0.4, -0.2) is 13.0 Å². The number of anilines is 1. The number of hydrogen-bond acceptors (Lipinski definition) is 6. The van der Waals surface area contributed by atoms with Crippen LogP contribution in [0.3, 0.4) is 0 Å². The molecule has 6 nitrogen and oxygen atoms in total. The van der Waals surface area contributed by atoms with Crippen LogP contribution in [0.25, 0.3) is 11.3 Å². The highest BCUT2D eigenvalue weighted by atomic mass is 35.5. The molecule has 1 aliphatic heterocycles. The van der Waals surface area contributed by atoms with Crippen LogP contribution in [0.1, 0.15) is 17.5 Å². The Labute approximate surface area is 202 Å². The molecule has 1 aliphatic rings. The Hall–Kier alpha value is -3.55. The molecule has 0 fully saturated rings. The summed E-state index contributed by atoms with van der Waals surface area (Å²) in [6.07, 6.45) is -5.54. The molecule has 1 atom stereocenters. The second kappa shape index (κ2) is 9.00. The second-order valence-corrected chi connectivity index (χ2v) is 7.95. The molecule has 1 amide bonds. The van der Waals surface area contributed by atoms with Gasteiger partial charge in [-0.1, -0.05) is 23.7 Å². The van der Waals surface area contributed by atoms with Gasteiger partial charge in [0.25, 0.3) is 5.91 Å². The van der Waals surface area contributed by atoms with Gasteiger partial charge >= 0.3 is 6.18 Å². The largest absolute Gasteiger partial charge is 0.495 e. The van der Waals surface area contributed by atoms with Gasteiger partial charge in [0.15, 0.2) is 6.17 Å². The summed E-state index contributed by atoms with van der Waals surface area (Å²) in [5.41, 5.74) is -0.597. The van der Waals surface area contributed by atoms with Crippen molar-refractivity contribution in [2.75, 3.05) is 12.0 Å². The standard InChI is InChI=1S/C23H15ClF3N3O3S/c1-32-18-5-3-2-4-16(18)30-20(29-21(31)14(11-28)22(30)34)19-9-8-17(33-19)13-10-12(23(25,26)27)6-7-15(13)24/h2-10,20,34H,1H3,(H,29,31). The SMILES string of the molecule is COc1ccccc1N1C(S)=C(C#N)C(=O)NC1c1ccc(-c2cc(C(F)(F)F)ccc2Cl)o1. The molecule has 4 rings (SSSR count). The molecule has 0 aliphatic carbocycles. The lowest BCUT2D eigenvalue weighted by Crippen LogP contribution is -2.46. The summed E-state index contributed by atoms with van der Waals surface area (Å²) in [5.74, 6) is -0.0127. The molecule has 0 saturated carbocycles. The number of carbonyl (C=O) groups is 1. The van der Waals surface area contributed by atoms with E-state index >= 15 is 0 Å². The third kappa shape index (κ3) is 4.20. The molecule has 2 aromatic carbocycles. The van der Waals surface area contributed by atoms with Gasteiger partial charge < -0.3 is 19.4 Å². The molecule has 1 aromatic heterocycles. The summed E-state index contributed by atoms with van der Waals surface area (Å²) in [6.45, 7) is 0. The summed E-state index contributed by atoms with van der Waals surface area (Å²) in [4.78, 5) is 14.1. The number of methoxy groups -OCH3 is 1. The number of ether oxygens (including phenoxy) is 1. The lowest BCUT2D eigenvalue weighted by atomic mass is 10.1. The molecule has 174 valence electrons. The van der Waals surface area contributed by atoms with Gasteiger partial charge in [-0.3, -0.25) is 4.79 Å². The average molecular weight is 506 g/mol. The lowest BCUT2D eigenvalue weighted by Gasteiger charge is -2.37. The summed E-state index contributed by atoms with van der Waals surface area (Å²) in [5, 5.41) is 12.2. The summed E-state index contributed by atoms with van der Waals surface area (Å²) in [7, 11) is 1.46. The molecular formula is C23H15ClF3N3O3S. The van der Waals surface area contributed by atoms with E-state index < -0.39 is 23.8 Å². The van der Waals surface area contributed by atoms with Crippen LogP contribution in [0.5, 0.6) is 5.75 Å². The van der Waals surface area contributed by atoms with Gasteiger partial charge in [0.05, 0.1) is 28.4 Å². The van der Waals surface area contributed by atoms with Gasteiger partial charge in [-0.15, -0.1) is 12.6 Å². The molecule has 0 radical (unpaired) electrons. The molecule has 34 heavy (non-hydrogen) atoms. The number of alkyl halides is 3. The third-order valence-corrected chi connectivity index (χ3v) is 5.89. The van der Waals surface area contributed by atoms with Gasteiger partial charge in [0.2, 0.25) is 0 Å². The van der Waals surface area contributed by atoms with E-state index in [-0.39, 0.29) is 32.7 Å². The molecule has 1 N–H and O–H groups in total. The van der Waals surface area contributed by atoms with Gasteiger partial charge in [-0.25, -0.2) is 0 Å². The molecule has 2 heterocycles. The number of carbonyl (C=O) groups excluding carboxylic acids is 1. The molecule has 1 unspecified atom stereocenters. The van der Waals surface area contributed by atoms with E-state index in [1.807, 2.05) is 6.07 Å². The van der Waals surface area contributed by atoms with Crippen LogP contribution in [0.2, 0.25) is 5.02 Å². The molecule has 0 saturated heterocycles. The van der Waals surface area contributed by atoms with Crippen LogP contribution in [-0.2, 0) is 11.0 Å². The normalized spacial score (nSPS) is 16.3. The second-order valence-electron chi connectivity index (χ2n) is 7.12. The maximum atomic E-state index is 13.2. The van der Waals surface area contributed by atoms with E-state index in [1.165, 1.54) is 24.1 Å². The van der Waals surface area contributed by atoms with E-state index in [9.17, 15) is 23.2 Å². The van der Waals surface area contributed by atoms with E-state index in [0.717, 1.165) is 18.2 Å². The summed E-state index contributed by atoms with van der Waals surface area (Å²) >= 11 is 10.6. The van der Waals surface area contributed by atoms with Crippen LogP contribution >= 0.6 is 24.2 Å². The Balaban J connectivity index is 1.83. The van der Waals surface area contributed by atoms with Crippen molar-refractivity contribution in [1.29, 1.82) is 5.26 Å². The number of nitrogens with zero attached hydrogens (tertiary/aromatic N) is 2. The number of halogens is 4. The Bertz CT molecular complexity index is 1350. The first kappa shape index (κ1) is 23.6. The minimum Gasteiger partial charge on any atom is -0.495 e. The van der Waals surface area contributed by atoms with Gasteiger partial charge in [0, 0.05) is 5.56 Å². The first-order valence-corrected chi connectivity index (χ1v) is 10.5. The zero-order valence-electron chi connectivity index (χ0n) is 17.4. The van der Waals surface area contributed by atoms with E-state index in [2.05, 4.69) is 17.9 Å². The minimum atomic E-state index is -4.56. The van der Waals surface area contributed by atoms with E-state index in [1.54, 1.807) is 24.3 Å². The van der Waals surface area contributed by atoms with Crippen molar-refractivity contribution in [3.63, 3.8) is 0 Å². The van der Waals surface area contributed by atoms with Gasteiger partial charge in [-0.05, 0) is 42.5 Å². The number of furan rings is 1. The number of benzene rings is 2. The topological polar surface area (TPSA) is 78.5 Å². The first-order chi connectivity index (χ1) is 16.2. The highest BCUT2D eigenvalue weighted by Gasteiger charge is 2.37. The predicted molar refractivity (Wildman–Crippen MR) is 122 cm³/mol. The van der Waals surface area contributed by atoms with Crippen molar-refractivity contribution in [1.82, 2.24) is 5.32 Å². The third-order valence-electron chi connectivity index (χ3n) is 5.12. The van der Waals surface area contributed by atoms with Crippen LogP contribution in [0.15, 0.2) is 69.6 Å². The number of nitriles is 1. The van der Waals surface area contributed by atoms with E-state index in [4.69, 9.17) is 20.8 Å². The number of para-hydroxylation sites is 2. The zero-order valence-corrected chi connectivity index (χ0v) is 19.0. The average Bonchev–Trinajstić information content (AvgIpc) is 3.28. The van der Waals surface area contributed by atoms with Crippen molar-refractivity contribution in [2.45, 2.75) is 12.3 Å². The van der Waals surface area contributed by atoms with Gasteiger partial charge in [0.1, 0.15) is 28.9 Å². The Morgan fingerprint density at radius 3 is 2.62 bits per heavy atom. The van der Waals surface area contributed by atoms with Crippen molar-refractivity contribution in [2.24, 2.45) is 0 Å². The van der Waals surface area contributed by atoms with Crippen LogP contribution < -0.4 is 15.0 Å². The maximum Gasteiger partial charge on any atom is 0.416 e. The molecule has 11 heteroatoms. The van der Waals surface area contributed by atoms with Crippen LogP contribution in [0, 0.1) is 11.3 Å². The Morgan fingerprint density at radius 2 is 1.94 bits per heavy atom. The smallest absolute Gasteiger partial charge is 0.416 e. The highest BCUT2D eigenvalue weighted by molar-refractivity contribution is 7.84. The van der Waals surface area contributed by atoms with Crippen LogP contribution in [0.4, 0.5) is 18.9 Å². The fourth-order valence-corrected chi connectivity index (χ4v) is 4.11. The number of rotatable bonds is 4. The van der Waals surface area contributed by atoms with Crippen molar-refractivity contribution in [3.05, 3.63) is 81.5 Å². The molecule has 0 spiro atoms. The minimum absolute atomic E-state index is 0.0353. The Morgan fingerprint density at radius 1 is 1.21 bits per heavy atom. The lowest BCUT2D eigenvalue weighted by molar-refractivity contribution is -0.137. The Kier molecular flexibility index (Phi) is 6.25. The molecule has 3 aromatic rings. The fraction of sp³-hybridized carbons (Fsp3) is 0.130. The summed E-state index contributed by atoms with van der Waals surface area (Å²) < 4.78 is 50.9. The number of thiol groups is 1. The first-order valence-electron chi connectivity index (χ1n) is 9.69. The molecular weight excluding hydrogens is 491 g/mol. The summed E-state index contributed by atoms with van der Waals surface area (Å²) in [6, 6.07) is 14.5. The molecule has 0 bridgehead atoms. The van der Waals surface area contributed by atoms with E-state index in [0.29, 0.717) is 11.4 Å². The van der Waals surface area contributed by atoms with Crippen molar-refractivity contribution >= 4 is 35.8 Å². The number of nitrogens with one attached hydrogen (secondary N) is 1. The monoisotopic (exact) mass is 505 g/mol. The van der Waals surface area contributed by atoms with Crippen molar-refractivity contribution < 1.29 is 27.1 Å².